The molecule has 6 nitrogen and oxygen atoms in total. The van der Waals surface area contributed by atoms with Crippen molar-refractivity contribution in [3.05, 3.63) is 63.6 Å². The zero-order chi connectivity index (χ0) is 15.8. The highest BCUT2D eigenvalue weighted by Crippen LogP contribution is 2.17. The lowest BCUT2D eigenvalue weighted by molar-refractivity contribution is 0.239. The molecule has 23 heavy (non-hydrogen) atoms. The van der Waals surface area contributed by atoms with Crippen molar-refractivity contribution in [1.29, 1.82) is 0 Å². The van der Waals surface area contributed by atoms with Gasteiger partial charge in [0, 0.05) is 37.6 Å². The highest BCUT2D eigenvalue weighted by molar-refractivity contribution is 5.74. The Bertz CT molecular complexity index is 934. The molecule has 0 atom stereocenters. The lowest BCUT2D eigenvalue weighted by atomic mass is 10.1. The van der Waals surface area contributed by atoms with Gasteiger partial charge < -0.3 is 4.98 Å². The maximum Gasteiger partial charge on any atom is 0.255 e. The Morgan fingerprint density at radius 3 is 3.09 bits per heavy atom. The van der Waals surface area contributed by atoms with Crippen LogP contribution in [0.4, 0.5) is 0 Å². The molecule has 0 fully saturated rings. The highest BCUT2D eigenvalue weighted by Gasteiger charge is 2.21. The summed E-state index contributed by atoms with van der Waals surface area (Å²) < 4.78 is 0. The third kappa shape index (κ3) is 2.73. The van der Waals surface area contributed by atoms with E-state index in [4.69, 9.17) is 0 Å². The van der Waals surface area contributed by atoms with Gasteiger partial charge in [0.2, 0.25) is 0 Å². The van der Waals surface area contributed by atoms with E-state index in [0.717, 1.165) is 41.0 Å². The molecule has 3 aromatic heterocycles. The first kappa shape index (κ1) is 14.0. The number of H-pyrrole nitrogens is 1. The summed E-state index contributed by atoms with van der Waals surface area (Å²) >= 11 is 0. The van der Waals surface area contributed by atoms with Crippen molar-refractivity contribution < 1.29 is 0 Å². The first-order valence-corrected chi connectivity index (χ1v) is 7.71. The fourth-order valence-electron chi connectivity index (χ4n) is 3.05. The minimum absolute atomic E-state index is 0.0228. The third-order valence-electron chi connectivity index (χ3n) is 4.17. The van der Waals surface area contributed by atoms with Gasteiger partial charge in [-0.05, 0) is 31.2 Å². The van der Waals surface area contributed by atoms with E-state index in [1.807, 2.05) is 31.2 Å². The van der Waals surface area contributed by atoms with Crippen molar-refractivity contribution in [2.75, 3.05) is 6.54 Å². The minimum atomic E-state index is -0.0228. The molecule has 1 aliphatic rings. The van der Waals surface area contributed by atoms with E-state index in [0.29, 0.717) is 18.9 Å². The minimum Gasteiger partial charge on any atom is -0.310 e. The van der Waals surface area contributed by atoms with Crippen LogP contribution in [0.25, 0.3) is 11.0 Å². The van der Waals surface area contributed by atoms with Crippen LogP contribution in [0.15, 0.2) is 35.3 Å². The molecule has 0 bridgehead atoms. The smallest absolute Gasteiger partial charge is 0.255 e. The third-order valence-corrected chi connectivity index (χ3v) is 4.17. The number of hydrogen-bond donors (Lipinski definition) is 1. The number of nitrogens with zero attached hydrogens (tertiary/aromatic N) is 4. The summed E-state index contributed by atoms with van der Waals surface area (Å²) in [7, 11) is 0. The van der Waals surface area contributed by atoms with Crippen molar-refractivity contribution in [3.63, 3.8) is 0 Å². The molecule has 3 aromatic rings. The first-order valence-electron chi connectivity index (χ1n) is 7.71. The fraction of sp³-hybridized carbons (Fsp3) is 0.294. The van der Waals surface area contributed by atoms with E-state index in [1.54, 1.807) is 6.20 Å². The quantitative estimate of drug-likeness (QED) is 0.778. The molecule has 0 aliphatic carbocycles. The normalized spacial score (nSPS) is 14.8. The van der Waals surface area contributed by atoms with Crippen LogP contribution in [0.3, 0.4) is 0 Å². The van der Waals surface area contributed by atoms with E-state index in [1.165, 1.54) is 0 Å². The van der Waals surface area contributed by atoms with Gasteiger partial charge in [-0.15, -0.1) is 0 Å². The summed E-state index contributed by atoms with van der Waals surface area (Å²) in [5, 5.41) is 1.04. The molecule has 0 unspecified atom stereocenters. The van der Waals surface area contributed by atoms with E-state index in [2.05, 4.69) is 24.8 Å². The Morgan fingerprint density at radius 1 is 1.26 bits per heavy atom. The number of rotatable bonds is 2. The van der Waals surface area contributed by atoms with Gasteiger partial charge in [-0.1, -0.05) is 0 Å². The van der Waals surface area contributed by atoms with Crippen LogP contribution < -0.4 is 5.56 Å². The van der Waals surface area contributed by atoms with Gasteiger partial charge in [-0.2, -0.15) is 0 Å². The van der Waals surface area contributed by atoms with Crippen molar-refractivity contribution in [2.45, 2.75) is 26.4 Å². The molecule has 1 N–H and O–H groups in total. The number of fused-ring (bicyclic) bond motifs is 2. The van der Waals surface area contributed by atoms with Gasteiger partial charge in [0.05, 0.1) is 17.0 Å². The predicted molar refractivity (Wildman–Crippen MR) is 87.0 cm³/mol. The maximum atomic E-state index is 12.1. The summed E-state index contributed by atoms with van der Waals surface area (Å²) in [6, 6.07) is 7.98. The van der Waals surface area contributed by atoms with Gasteiger partial charge in [0.15, 0.2) is 5.65 Å². The van der Waals surface area contributed by atoms with Gasteiger partial charge in [0.25, 0.3) is 5.56 Å². The average Bonchev–Trinajstić information content (AvgIpc) is 2.55. The molecular formula is C17H17N5O. The van der Waals surface area contributed by atoms with E-state index in [9.17, 15) is 4.79 Å². The van der Waals surface area contributed by atoms with Crippen molar-refractivity contribution in [2.24, 2.45) is 0 Å². The van der Waals surface area contributed by atoms with Crippen LogP contribution in [0, 0.1) is 6.92 Å². The molecule has 6 heteroatoms. The van der Waals surface area contributed by atoms with Crippen LogP contribution in [0.5, 0.6) is 0 Å². The Morgan fingerprint density at radius 2 is 2.17 bits per heavy atom. The number of pyridine rings is 2. The van der Waals surface area contributed by atoms with Crippen LogP contribution in [-0.4, -0.2) is 31.4 Å². The second-order valence-corrected chi connectivity index (χ2v) is 5.89. The topological polar surface area (TPSA) is 74.8 Å². The van der Waals surface area contributed by atoms with Crippen LogP contribution in [0.1, 0.15) is 22.8 Å². The van der Waals surface area contributed by atoms with Gasteiger partial charge >= 0.3 is 0 Å². The Hall–Kier alpha value is -2.60. The first-order chi connectivity index (χ1) is 11.2. The number of aromatic amines is 1. The average molecular weight is 307 g/mol. The molecule has 0 spiro atoms. The molecule has 4 rings (SSSR count). The number of aromatic nitrogens is 4. The molecule has 116 valence electrons. The number of hydrogen-bond acceptors (Lipinski definition) is 5. The van der Waals surface area contributed by atoms with E-state index < -0.39 is 0 Å². The summed E-state index contributed by atoms with van der Waals surface area (Å²) in [6.07, 6.45) is 2.55. The summed E-state index contributed by atoms with van der Waals surface area (Å²) in [5.74, 6) is 0.685. The summed E-state index contributed by atoms with van der Waals surface area (Å²) in [4.78, 5) is 30.5. The van der Waals surface area contributed by atoms with Gasteiger partial charge in [0.1, 0.15) is 5.82 Å². The van der Waals surface area contributed by atoms with Crippen molar-refractivity contribution in [1.82, 2.24) is 24.8 Å². The molecule has 0 amide bonds. The standard InChI is InChI=1S/C17H17N5O/c1-11-19-15-6-8-22(10-14(15)17(23)20-11)9-13-5-4-12-3-2-7-18-16(12)21-13/h2-5,7H,6,8-10H2,1H3,(H,19,20,23). The van der Waals surface area contributed by atoms with Crippen LogP contribution in [0.2, 0.25) is 0 Å². The molecule has 0 radical (unpaired) electrons. The number of nitrogens with one attached hydrogen (secondary N) is 1. The zero-order valence-electron chi connectivity index (χ0n) is 12.9. The molecule has 0 saturated carbocycles. The van der Waals surface area contributed by atoms with E-state index >= 15 is 0 Å². The second-order valence-electron chi connectivity index (χ2n) is 5.89. The second kappa shape index (κ2) is 5.55. The Balaban J connectivity index is 1.58. The van der Waals surface area contributed by atoms with Gasteiger partial charge in [-0.25, -0.2) is 15.0 Å². The molecular weight excluding hydrogens is 290 g/mol. The van der Waals surface area contributed by atoms with Crippen molar-refractivity contribution >= 4 is 11.0 Å². The van der Waals surface area contributed by atoms with E-state index in [-0.39, 0.29) is 5.56 Å². The molecule has 1 aliphatic heterocycles. The highest BCUT2D eigenvalue weighted by atomic mass is 16.1. The maximum absolute atomic E-state index is 12.1. The Labute approximate surface area is 133 Å². The lowest BCUT2D eigenvalue weighted by Gasteiger charge is -2.27. The number of aryl methyl sites for hydroxylation is 1. The van der Waals surface area contributed by atoms with Gasteiger partial charge in [-0.3, -0.25) is 9.69 Å². The van der Waals surface area contributed by atoms with Crippen LogP contribution >= 0.6 is 0 Å². The SMILES string of the molecule is Cc1nc2c(c(=O)[nH]1)CN(Cc1ccc3cccnc3n1)CC2. The van der Waals surface area contributed by atoms with Crippen LogP contribution in [-0.2, 0) is 19.5 Å². The summed E-state index contributed by atoms with van der Waals surface area (Å²) in [5.41, 5.74) is 3.41. The molecule has 0 saturated heterocycles. The Kier molecular flexibility index (Phi) is 3.38. The fourth-order valence-corrected chi connectivity index (χ4v) is 3.05. The lowest BCUT2D eigenvalue weighted by Crippen LogP contribution is -2.35. The zero-order valence-corrected chi connectivity index (χ0v) is 12.9. The molecule has 0 aromatic carbocycles. The largest absolute Gasteiger partial charge is 0.310 e. The monoisotopic (exact) mass is 307 g/mol. The predicted octanol–water partition coefficient (Wildman–Crippen LogP) is 1.58. The molecule has 4 heterocycles. The summed E-state index contributed by atoms with van der Waals surface area (Å²) in [6.45, 7) is 4.02. The van der Waals surface area contributed by atoms with Crippen molar-refractivity contribution in [3.8, 4) is 0 Å².